The van der Waals surface area contributed by atoms with Crippen LogP contribution in [0.1, 0.15) is 29.8 Å². The molecule has 0 atom stereocenters. The van der Waals surface area contributed by atoms with Gasteiger partial charge in [0.1, 0.15) is 5.82 Å². The summed E-state index contributed by atoms with van der Waals surface area (Å²) in [6, 6.07) is 16.0. The molecule has 0 unspecified atom stereocenters. The Morgan fingerprint density at radius 1 is 1.16 bits per heavy atom. The number of ether oxygens (including phenoxy) is 1. The van der Waals surface area contributed by atoms with Gasteiger partial charge in [-0.15, -0.1) is 0 Å². The zero-order chi connectivity index (χ0) is 17.5. The van der Waals surface area contributed by atoms with Gasteiger partial charge in [0.2, 0.25) is 5.91 Å². The minimum atomic E-state index is 0.0632. The van der Waals surface area contributed by atoms with Crippen molar-refractivity contribution in [3.05, 3.63) is 65.5 Å². The average Bonchev–Trinajstić information content (AvgIpc) is 3.03. The molecule has 0 fully saturated rings. The molecule has 130 valence electrons. The minimum Gasteiger partial charge on any atom is -0.380 e. The molecule has 0 aliphatic rings. The summed E-state index contributed by atoms with van der Waals surface area (Å²) < 4.78 is 5.13. The predicted octanol–water partition coefficient (Wildman–Crippen LogP) is 3.35. The van der Waals surface area contributed by atoms with Gasteiger partial charge in [-0.3, -0.25) is 4.79 Å². The zero-order valence-corrected chi connectivity index (χ0v) is 14.4. The number of nitrogens with zero attached hydrogens (tertiary/aromatic N) is 1. The Morgan fingerprint density at radius 2 is 2.00 bits per heavy atom. The highest BCUT2D eigenvalue weighted by Gasteiger charge is 2.05. The van der Waals surface area contributed by atoms with Crippen LogP contribution in [0.4, 0.5) is 0 Å². The van der Waals surface area contributed by atoms with E-state index in [0.29, 0.717) is 19.6 Å². The van der Waals surface area contributed by atoms with Gasteiger partial charge in [0, 0.05) is 26.5 Å². The standard InChI is InChI=1S/C20H23N3O2/c1-25-14-16-7-4-6-15(12-16)13-21-20(24)11-5-10-19-22-17-8-2-3-9-18(17)23-19/h2-4,6-9,12H,5,10-11,13-14H2,1H3,(H,21,24)(H,22,23). The maximum absolute atomic E-state index is 12.0. The van der Waals surface area contributed by atoms with Crippen LogP contribution in [-0.4, -0.2) is 23.0 Å². The molecule has 2 N–H and O–H groups in total. The fourth-order valence-corrected chi connectivity index (χ4v) is 2.83. The van der Waals surface area contributed by atoms with E-state index in [0.717, 1.165) is 40.8 Å². The number of para-hydroxylation sites is 2. The van der Waals surface area contributed by atoms with Gasteiger partial charge in [-0.1, -0.05) is 36.4 Å². The van der Waals surface area contributed by atoms with Crippen LogP contribution in [0, 0.1) is 0 Å². The summed E-state index contributed by atoms with van der Waals surface area (Å²) in [5.74, 6) is 0.995. The summed E-state index contributed by atoms with van der Waals surface area (Å²) in [7, 11) is 1.68. The number of aromatic nitrogens is 2. The number of amides is 1. The first kappa shape index (κ1) is 17.2. The lowest BCUT2D eigenvalue weighted by Gasteiger charge is -2.07. The third-order valence-electron chi connectivity index (χ3n) is 4.05. The summed E-state index contributed by atoms with van der Waals surface area (Å²) in [6.07, 6.45) is 2.04. The number of nitrogens with one attached hydrogen (secondary N) is 2. The van der Waals surface area contributed by atoms with E-state index in [1.54, 1.807) is 7.11 Å². The number of fused-ring (bicyclic) bond motifs is 1. The second kappa shape index (κ2) is 8.44. The van der Waals surface area contributed by atoms with Gasteiger partial charge >= 0.3 is 0 Å². The summed E-state index contributed by atoms with van der Waals surface area (Å²) in [5.41, 5.74) is 4.20. The number of carbonyl (C=O) groups excluding carboxylic acids is 1. The highest BCUT2D eigenvalue weighted by molar-refractivity contribution is 5.76. The van der Waals surface area contributed by atoms with Crippen molar-refractivity contribution in [1.29, 1.82) is 0 Å². The van der Waals surface area contributed by atoms with E-state index in [2.05, 4.69) is 21.4 Å². The fourth-order valence-electron chi connectivity index (χ4n) is 2.83. The number of methoxy groups -OCH3 is 1. The van der Waals surface area contributed by atoms with Gasteiger partial charge in [0.15, 0.2) is 0 Å². The molecular formula is C20H23N3O2. The van der Waals surface area contributed by atoms with Crippen LogP contribution in [-0.2, 0) is 29.1 Å². The number of aromatic amines is 1. The first-order chi connectivity index (χ1) is 12.2. The van der Waals surface area contributed by atoms with Crippen LogP contribution in [0.2, 0.25) is 0 Å². The van der Waals surface area contributed by atoms with Crippen molar-refractivity contribution in [2.45, 2.75) is 32.4 Å². The predicted molar refractivity (Wildman–Crippen MR) is 98.0 cm³/mol. The second-order valence-electron chi connectivity index (χ2n) is 6.08. The zero-order valence-electron chi connectivity index (χ0n) is 14.4. The summed E-state index contributed by atoms with van der Waals surface area (Å²) in [5, 5.41) is 2.97. The molecule has 5 nitrogen and oxygen atoms in total. The van der Waals surface area contributed by atoms with Gasteiger partial charge < -0.3 is 15.0 Å². The van der Waals surface area contributed by atoms with Crippen molar-refractivity contribution in [3.63, 3.8) is 0 Å². The Bertz CT molecular complexity index is 809. The first-order valence-electron chi connectivity index (χ1n) is 8.51. The molecule has 2 aromatic carbocycles. The third kappa shape index (κ3) is 4.90. The van der Waals surface area contributed by atoms with E-state index in [1.807, 2.05) is 42.5 Å². The Balaban J connectivity index is 1.42. The van der Waals surface area contributed by atoms with Crippen molar-refractivity contribution >= 4 is 16.9 Å². The maximum atomic E-state index is 12.0. The van der Waals surface area contributed by atoms with Crippen molar-refractivity contribution < 1.29 is 9.53 Å². The normalized spacial score (nSPS) is 10.9. The molecular weight excluding hydrogens is 314 g/mol. The Morgan fingerprint density at radius 3 is 2.84 bits per heavy atom. The Hall–Kier alpha value is -2.66. The van der Waals surface area contributed by atoms with Gasteiger partial charge in [-0.25, -0.2) is 4.98 Å². The Kier molecular flexibility index (Phi) is 5.80. The number of hydrogen-bond donors (Lipinski definition) is 2. The van der Waals surface area contributed by atoms with Crippen molar-refractivity contribution in [2.75, 3.05) is 7.11 Å². The van der Waals surface area contributed by atoms with E-state index >= 15 is 0 Å². The Labute approximate surface area is 147 Å². The van der Waals surface area contributed by atoms with E-state index < -0.39 is 0 Å². The van der Waals surface area contributed by atoms with E-state index in [1.165, 1.54) is 0 Å². The van der Waals surface area contributed by atoms with Crippen LogP contribution < -0.4 is 5.32 Å². The first-order valence-corrected chi connectivity index (χ1v) is 8.51. The lowest BCUT2D eigenvalue weighted by atomic mass is 10.1. The number of benzene rings is 2. The molecule has 0 radical (unpaired) electrons. The third-order valence-corrected chi connectivity index (χ3v) is 4.05. The van der Waals surface area contributed by atoms with Crippen molar-refractivity contribution in [1.82, 2.24) is 15.3 Å². The number of hydrogen-bond acceptors (Lipinski definition) is 3. The van der Waals surface area contributed by atoms with Crippen LogP contribution in [0.15, 0.2) is 48.5 Å². The van der Waals surface area contributed by atoms with Crippen LogP contribution in [0.3, 0.4) is 0 Å². The summed E-state index contributed by atoms with van der Waals surface area (Å²) in [4.78, 5) is 19.8. The monoisotopic (exact) mass is 337 g/mol. The molecule has 5 heteroatoms. The van der Waals surface area contributed by atoms with Crippen LogP contribution in [0.5, 0.6) is 0 Å². The molecule has 1 heterocycles. The van der Waals surface area contributed by atoms with Gasteiger partial charge in [0.25, 0.3) is 0 Å². The maximum Gasteiger partial charge on any atom is 0.220 e. The summed E-state index contributed by atoms with van der Waals surface area (Å²) >= 11 is 0. The quantitative estimate of drug-likeness (QED) is 0.662. The van der Waals surface area contributed by atoms with Gasteiger partial charge in [-0.05, 0) is 29.7 Å². The number of aryl methyl sites for hydroxylation is 1. The molecule has 0 aliphatic carbocycles. The molecule has 0 spiro atoms. The van der Waals surface area contributed by atoms with E-state index in [4.69, 9.17) is 4.74 Å². The molecule has 25 heavy (non-hydrogen) atoms. The molecule has 3 aromatic rings. The lowest BCUT2D eigenvalue weighted by Crippen LogP contribution is -2.22. The highest BCUT2D eigenvalue weighted by atomic mass is 16.5. The summed E-state index contributed by atoms with van der Waals surface area (Å²) in [6.45, 7) is 1.13. The molecule has 1 amide bonds. The smallest absolute Gasteiger partial charge is 0.220 e. The molecule has 0 saturated heterocycles. The highest BCUT2D eigenvalue weighted by Crippen LogP contribution is 2.12. The average molecular weight is 337 g/mol. The topological polar surface area (TPSA) is 67.0 Å². The van der Waals surface area contributed by atoms with Crippen molar-refractivity contribution in [2.24, 2.45) is 0 Å². The minimum absolute atomic E-state index is 0.0632. The molecule has 3 rings (SSSR count). The second-order valence-corrected chi connectivity index (χ2v) is 6.08. The van der Waals surface area contributed by atoms with E-state index in [9.17, 15) is 4.79 Å². The van der Waals surface area contributed by atoms with E-state index in [-0.39, 0.29) is 5.91 Å². The van der Waals surface area contributed by atoms with Crippen molar-refractivity contribution in [3.8, 4) is 0 Å². The number of rotatable bonds is 8. The van der Waals surface area contributed by atoms with Crippen LogP contribution >= 0.6 is 0 Å². The fraction of sp³-hybridized carbons (Fsp3) is 0.300. The lowest BCUT2D eigenvalue weighted by molar-refractivity contribution is -0.121. The van der Waals surface area contributed by atoms with Gasteiger partial charge in [0.05, 0.1) is 17.6 Å². The number of H-pyrrole nitrogens is 1. The largest absolute Gasteiger partial charge is 0.380 e. The number of imidazole rings is 1. The molecule has 0 saturated carbocycles. The number of carbonyl (C=O) groups is 1. The van der Waals surface area contributed by atoms with Crippen LogP contribution in [0.25, 0.3) is 11.0 Å². The van der Waals surface area contributed by atoms with Gasteiger partial charge in [-0.2, -0.15) is 0 Å². The SMILES string of the molecule is COCc1cccc(CNC(=O)CCCc2nc3ccccc3[nH]2)c1. The molecule has 1 aromatic heterocycles. The molecule has 0 aliphatic heterocycles. The molecule has 0 bridgehead atoms.